The highest BCUT2D eigenvalue weighted by Gasteiger charge is 2.47. The van der Waals surface area contributed by atoms with E-state index in [1.54, 1.807) is 0 Å². The van der Waals surface area contributed by atoms with Crippen LogP contribution < -0.4 is 0 Å². The van der Waals surface area contributed by atoms with E-state index >= 15 is 0 Å². The predicted octanol–water partition coefficient (Wildman–Crippen LogP) is 0.913. The summed E-state index contributed by atoms with van der Waals surface area (Å²) in [5, 5.41) is 9.55. The fourth-order valence-corrected chi connectivity index (χ4v) is 3.27. The third-order valence-corrected chi connectivity index (χ3v) is 4.15. The average Bonchev–Trinajstić information content (AvgIpc) is 2.13. The van der Waals surface area contributed by atoms with Gasteiger partial charge in [-0.1, -0.05) is 6.08 Å². The Balaban J connectivity index is 2.67. The van der Waals surface area contributed by atoms with Crippen LogP contribution in [0.1, 0.15) is 6.42 Å². The molecular formula is C8H9F2NO3S. The third-order valence-electron chi connectivity index (χ3n) is 2.41. The summed E-state index contributed by atoms with van der Waals surface area (Å²) in [5.74, 6) is -3.86. The third kappa shape index (κ3) is 1.55. The largest absolute Gasteiger partial charge is 0.292 e. The van der Waals surface area contributed by atoms with E-state index in [2.05, 4.69) is 0 Å². The topological polar surface area (TPSA) is 57.6 Å². The number of halogens is 2. The van der Waals surface area contributed by atoms with Crippen molar-refractivity contribution < 1.29 is 22.4 Å². The van der Waals surface area contributed by atoms with Crippen LogP contribution >= 0.6 is 0 Å². The monoisotopic (exact) mass is 237 g/mol. The molecule has 0 aromatic rings. The van der Waals surface area contributed by atoms with E-state index in [1.165, 1.54) is 6.08 Å². The first-order valence-electron chi connectivity index (χ1n) is 4.33. The number of hydrogen-bond donors (Lipinski definition) is 1. The molecule has 2 aliphatic rings. The van der Waals surface area contributed by atoms with Gasteiger partial charge in [-0.2, -0.15) is 8.78 Å². The summed E-state index contributed by atoms with van der Waals surface area (Å²) in [6.07, 6.45) is 1.68. The van der Waals surface area contributed by atoms with Gasteiger partial charge in [0.2, 0.25) is 0 Å². The lowest BCUT2D eigenvalue weighted by Gasteiger charge is -2.33. The zero-order valence-electron chi connectivity index (χ0n) is 7.65. The first kappa shape index (κ1) is 10.6. The van der Waals surface area contributed by atoms with E-state index in [1.807, 2.05) is 0 Å². The van der Waals surface area contributed by atoms with E-state index in [4.69, 9.17) is 0 Å². The van der Waals surface area contributed by atoms with Gasteiger partial charge in [-0.25, -0.2) is 13.5 Å². The molecule has 0 radical (unpaired) electrons. The van der Waals surface area contributed by atoms with Crippen molar-refractivity contribution >= 4 is 9.84 Å². The smallest absolute Gasteiger partial charge is 0.288 e. The molecule has 0 aromatic carbocycles. The summed E-state index contributed by atoms with van der Waals surface area (Å²) in [6.45, 7) is -0.121. The van der Waals surface area contributed by atoms with Gasteiger partial charge < -0.3 is 0 Å². The molecule has 2 aliphatic heterocycles. The quantitative estimate of drug-likeness (QED) is 0.680. The Morgan fingerprint density at radius 2 is 2.13 bits per heavy atom. The Morgan fingerprint density at radius 3 is 2.73 bits per heavy atom. The lowest BCUT2D eigenvalue weighted by Crippen LogP contribution is -2.41. The molecule has 0 atom stereocenters. The van der Waals surface area contributed by atoms with Gasteiger partial charge in [-0.15, -0.1) is 0 Å². The van der Waals surface area contributed by atoms with Crippen LogP contribution in [0.2, 0.25) is 0 Å². The van der Waals surface area contributed by atoms with Crippen molar-refractivity contribution in [3.05, 3.63) is 22.8 Å². The van der Waals surface area contributed by atoms with Gasteiger partial charge >= 0.3 is 0 Å². The second-order valence-electron chi connectivity index (χ2n) is 3.47. The van der Waals surface area contributed by atoms with E-state index in [9.17, 15) is 22.4 Å². The zero-order valence-corrected chi connectivity index (χ0v) is 8.47. The summed E-state index contributed by atoms with van der Waals surface area (Å²) >= 11 is 0. The van der Waals surface area contributed by atoms with Crippen molar-refractivity contribution in [2.75, 3.05) is 12.3 Å². The van der Waals surface area contributed by atoms with Gasteiger partial charge in [-0.05, 0) is 6.08 Å². The van der Waals surface area contributed by atoms with Gasteiger partial charge in [0.15, 0.2) is 9.84 Å². The van der Waals surface area contributed by atoms with Crippen molar-refractivity contribution in [3.8, 4) is 0 Å². The van der Waals surface area contributed by atoms with Crippen LogP contribution in [-0.2, 0) is 9.84 Å². The summed E-state index contributed by atoms with van der Waals surface area (Å²) in [4.78, 5) is -0.465. The fraction of sp³-hybridized carbons (Fsp3) is 0.500. The molecular weight excluding hydrogens is 228 g/mol. The van der Waals surface area contributed by atoms with Gasteiger partial charge in [-0.3, -0.25) is 5.21 Å². The SMILES string of the molecule is O=S1(=O)CCC(F)(F)C2=C1C=CCN2O. The van der Waals surface area contributed by atoms with E-state index < -0.39 is 38.5 Å². The molecule has 4 nitrogen and oxygen atoms in total. The van der Waals surface area contributed by atoms with Crippen molar-refractivity contribution in [1.29, 1.82) is 0 Å². The Labute approximate surface area is 85.4 Å². The first-order valence-corrected chi connectivity index (χ1v) is 5.98. The number of rotatable bonds is 0. The molecule has 0 saturated carbocycles. The van der Waals surface area contributed by atoms with Crippen LogP contribution in [0.5, 0.6) is 0 Å². The van der Waals surface area contributed by atoms with Crippen LogP contribution in [0, 0.1) is 0 Å². The highest BCUT2D eigenvalue weighted by Crippen LogP contribution is 2.40. The maximum atomic E-state index is 13.4. The number of sulfone groups is 1. The van der Waals surface area contributed by atoms with E-state index in [-0.39, 0.29) is 6.54 Å². The van der Waals surface area contributed by atoms with Gasteiger partial charge in [0.1, 0.15) is 5.70 Å². The van der Waals surface area contributed by atoms with E-state index in [0.717, 1.165) is 6.08 Å². The normalized spacial score (nSPS) is 27.8. The number of hydroxylamine groups is 2. The van der Waals surface area contributed by atoms with Gasteiger partial charge in [0.05, 0.1) is 17.2 Å². The number of hydrogen-bond acceptors (Lipinski definition) is 4. The molecule has 15 heavy (non-hydrogen) atoms. The minimum atomic E-state index is -3.68. The number of allylic oxidation sites excluding steroid dienone is 2. The molecule has 2 rings (SSSR count). The molecule has 7 heteroatoms. The molecule has 1 N–H and O–H groups in total. The molecule has 2 heterocycles. The van der Waals surface area contributed by atoms with Crippen molar-refractivity contribution in [2.24, 2.45) is 0 Å². The molecule has 0 amide bonds. The number of nitrogens with zero attached hydrogens (tertiary/aromatic N) is 1. The summed E-state index contributed by atoms with van der Waals surface area (Å²) < 4.78 is 49.7. The van der Waals surface area contributed by atoms with Crippen LogP contribution in [0.4, 0.5) is 8.78 Å². The first-order chi connectivity index (χ1) is 6.84. The molecule has 84 valence electrons. The highest BCUT2D eigenvalue weighted by molar-refractivity contribution is 7.95. The molecule has 0 spiro atoms. The minimum Gasteiger partial charge on any atom is -0.288 e. The Bertz CT molecular complexity index is 453. The second kappa shape index (κ2) is 3.02. The number of alkyl halides is 2. The highest BCUT2D eigenvalue weighted by atomic mass is 32.2. The Kier molecular flexibility index (Phi) is 2.13. The van der Waals surface area contributed by atoms with Crippen LogP contribution in [-0.4, -0.2) is 36.9 Å². The van der Waals surface area contributed by atoms with Gasteiger partial charge in [0, 0.05) is 6.42 Å². The standard InChI is InChI=1S/C8H9F2NO3S/c9-8(10)3-5-15(13,14)6-2-1-4-11(12)7(6)8/h1-2,12H,3-5H2. The zero-order chi connectivity index (χ0) is 11.3. The molecule has 0 bridgehead atoms. The molecule has 0 saturated heterocycles. The molecule has 0 fully saturated rings. The van der Waals surface area contributed by atoms with Crippen molar-refractivity contribution in [2.45, 2.75) is 12.3 Å². The Morgan fingerprint density at radius 1 is 1.47 bits per heavy atom. The summed E-state index contributed by atoms with van der Waals surface area (Å²) in [7, 11) is -3.68. The van der Waals surface area contributed by atoms with Crippen molar-refractivity contribution in [1.82, 2.24) is 5.06 Å². The molecule has 0 aliphatic carbocycles. The van der Waals surface area contributed by atoms with Crippen LogP contribution in [0.25, 0.3) is 0 Å². The maximum Gasteiger partial charge on any atom is 0.292 e. The summed E-state index contributed by atoms with van der Waals surface area (Å²) in [6, 6.07) is 0. The maximum absolute atomic E-state index is 13.4. The lowest BCUT2D eigenvalue weighted by molar-refractivity contribution is -0.105. The van der Waals surface area contributed by atoms with Crippen molar-refractivity contribution in [3.63, 3.8) is 0 Å². The second-order valence-corrected chi connectivity index (χ2v) is 5.55. The van der Waals surface area contributed by atoms with Crippen LogP contribution in [0.15, 0.2) is 22.8 Å². The van der Waals surface area contributed by atoms with E-state index in [0.29, 0.717) is 5.06 Å². The van der Waals surface area contributed by atoms with Crippen LogP contribution in [0.3, 0.4) is 0 Å². The molecule has 0 aromatic heterocycles. The molecule has 0 unspecified atom stereocenters. The lowest BCUT2D eigenvalue weighted by atomic mass is 10.1. The summed E-state index contributed by atoms with van der Waals surface area (Å²) in [5.41, 5.74) is -0.795. The average molecular weight is 237 g/mol. The predicted molar refractivity (Wildman–Crippen MR) is 48.0 cm³/mol. The minimum absolute atomic E-state index is 0.121. The van der Waals surface area contributed by atoms with Gasteiger partial charge in [0.25, 0.3) is 5.92 Å². The Hall–Kier alpha value is -0.950. The fourth-order valence-electron chi connectivity index (χ4n) is 1.67.